The summed E-state index contributed by atoms with van der Waals surface area (Å²) in [6.07, 6.45) is 1.64. The van der Waals surface area contributed by atoms with Crippen LogP contribution >= 0.6 is 0 Å². The van der Waals surface area contributed by atoms with Gasteiger partial charge < -0.3 is 0 Å². The molecule has 1 aromatic carbocycles. The minimum Gasteiger partial charge on any atom is -0.246 e. The van der Waals surface area contributed by atoms with Crippen molar-refractivity contribution >= 4 is 0 Å². The lowest BCUT2D eigenvalue weighted by molar-refractivity contribution is 0.426. The molecular weight excluding hydrogens is 242 g/mol. The van der Waals surface area contributed by atoms with Gasteiger partial charge in [0.25, 0.3) is 0 Å². The monoisotopic (exact) mass is 261 g/mol. The Bertz CT molecular complexity index is 612. The molecule has 5 heteroatoms. The minimum absolute atomic E-state index is 0.258. The Morgan fingerprint density at radius 1 is 0.842 bits per heavy atom. The van der Waals surface area contributed by atoms with Crippen molar-refractivity contribution in [3.8, 4) is 5.69 Å². The summed E-state index contributed by atoms with van der Waals surface area (Å²) in [5.74, 6) is 0. The molecule has 5 nitrogen and oxygen atoms in total. The Morgan fingerprint density at radius 2 is 1.32 bits per heavy atom. The Labute approximate surface area is 111 Å². The summed E-state index contributed by atoms with van der Waals surface area (Å²) in [6, 6.07) is 9.05. The lowest BCUT2D eigenvalue weighted by Gasteiger charge is -2.05. The predicted octanol–water partition coefficient (Wildman–Crippen LogP) is 1.62. The van der Waals surface area contributed by atoms with E-state index in [1.807, 2.05) is 32.0 Å². The van der Waals surface area contributed by atoms with Crippen molar-refractivity contribution in [3.05, 3.63) is 51.3 Å². The molecule has 0 unspecified atom stereocenters. The third-order valence-corrected chi connectivity index (χ3v) is 3.00. The van der Waals surface area contributed by atoms with Crippen molar-refractivity contribution in [2.45, 2.75) is 39.8 Å². The lowest BCUT2D eigenvalue weighted by Crippen LogP contribution is -2.27. The van der Waals surface area contributed by atoms with E-state index < -0.39 is 0 Å². The average Bonchev–Trinajstić information content (AvgIpc) is 2.65. The van der Waals surface area contributed by atoms with Crippen LogP contribution in [0, 0.1) is 0 Å². The number of hydrogen-bond donors (Lipinski definition) is 0. The number of nitrogens with zero attached hydrogens (tertiary/aromatic N) is 3. The van der Waals surface area contributed by atoms with Crippen LogP contribution < -0.4 is 11.4 Å². The number of para-hydroxylation sites is 1. The molecule has 0 saturated heterocycles. The van der Waals surface area contributed by atoms with Crippen molar-refractivity contribution in [3.63, 3.8) is 0 Å². The second kappa shape index (κ2) is 5.73. The summed E-state index contributed by atoms with van der Waals surface area (Å²) < 4.78 is 4.32. The molecule has 0 amide bonds. The Balaban J connectivity index is 2.66. The van der Waals surface area contributed by atoms with Crippen molar-refractivity contribution < 1.29 is 0 Å². The van der Waals surface area contributed by atoms with Crippen LogP contribution in [0.25, 0.3) is 5.69 Å². The van der Waals surface area contributed by atoms with Crippen LogP contribution in [0.2, 0.25) is 0 Å². The smallest absolute Gasteiger partial charge is 0.246 e. The molecule has 0 spiro atoms. The van der Waals surface area contributed by atoms with Gasteiger partial charge in [0.05, 0.1) is 5.69 Å². The molecule has 0 fully saturated rings. The third kappa shape index (κ3) is 2.41. The van der Waals surface area contributed by atoms with E-state index >= 15 is 0 Å². The maximum atomic E-state index is 12.4. The van der Waals surface area contributed by atoms with E-state index in [-0.39, 0.29) is 11.4 Å². The zero-order valence-corrected chi connectivity index (χ0v) is 11.4. The zero-order valence-electron chi connectivity index (χ0n) is 11.4. The first-order valence-electron chi connectivity index (χ1n) is 6.68. The van der Waals surface area contributed by atoms with Crippen LogP contribution in [-0.2, 0) is 13.1 Å². The zero-order chi connectivity index (χ0) is 13.8. The van der Waals surface area contributed by atoms with Gasteiger partial charge >= 0.3 is 11.4 Å². The SMILES string of the molecule is CCCn1c(=O)n(-c2ccccc2)c(=O)n1CCC. The summed E-state index contributed by atoms with van der Waals surface area (Å²) in [7, 11) is 0. The second-order valence-electron chi connectivity index (χ2n) is 4.48. The fourth-order valence-electron chi connectivity index (χ4n) is 2.17. The van der Waals surface area contributed by atoms with Gasteiger partial charge in [-0.05, 0) is 25.0 Å². The first-order valence-corrected chi connectivity index (χ1v) is 6.68. The molecule has 1 heterocycles. The molecule has 0 atom stereocenters. The van der Waals surface area contributed by atoms with Crippen LogP contribution in [-0.4, -0.2) is 13.9 Å². The highest BCUT2D eigenvalue weighted by molar-refractivity contribution is 5.30. The largest absolute Gasteiger partial charge is 0.351 e. The summed E-state index contributed by atoms with van der Waals surface area (Å²) >= 11 is 0. The summed E-state index contributed by atoms with van der Waals surface area (Å²) in [5, 5.41) is 0. The number of rotatable bonds is 5. The van der Waals surface area contributed by atoms with E-state index in [2.05, 4.69) is 0 Å². The Morgan fingerprint density at radius 3 is 1.74 bits per heavy atom. The van der Waals surface area contributed by atoms with Gasteiger partial charge in [-0.2, -0.15) is 0 Å². The molecule has 0 aliphatic heterocycles. The van der Waals surface area contributed by atoms with E-state index in [1.54, 1.807) is 21.5 Å². The standard InChI is InChI=1S/C14H19N3O2/c1-3-10-15-13(18)17(12-8-6-5-7-9-12)14(19)16(15)11-4-2/h5-9H,3-4,10-11H2,1-2H3. The van der Waals surface area contributed by atoms with Gasteiger partial charge in [-0.15, -0.1) is 0 Å². The lowest BCUT2D eigenvalue weighted by atomic mass is 10.3. The molecule has 2 aromatic rings. The summed E-state index contributed by atoms with van der Waals surface area (Å²) in [6.45, 7) is 5.11. The Kier molecular flexibility index (Phi) is 4.04. The maximum Gasteiger partial charge on any atom is 0.351 e. The molecule has 0 N–H and O–H groups in total. The fourth-order valence-corrected chi connectivity index (χ4v) is 2.17. The van der Waals surface area contributed by atoms with Crippen molar-refractivity contribution in [2.24, 2.45) is 0 Å². The molecule has 0 radical (unpaired) electrons. The highest BCUT2D eigenvalue weighted by atomic mass is 16.2. The van der Waals surface area contributed by atoms with Crippen LogP contribution in [0.5, 0.6) is 0 Å². The quantitative estimate of drug-likeness (QED) is 0.821. The van der Waals surface area contributed by atoms with Crippen LogP contribution in [0.1, 0.15) is 26.7 Å². The summed E-state index contributed by atoms with van der Waals surface area (Å²) in [4.78, 5) is 24.8. The van der Waals surface area contributed by atoms with Gasteiger partial charge in [0.2, 0.25) is 0 Å². The van der Waals surface area contributed by atoms with Crippen molar-refractivity contribution in [2.75, 3.05) is 0 Å². The molecule has 19 heavy (non-hydrogen) atoms. The molecule has 2 rings (SSSR count). The normalized spacial score (nSPS) is 10.8. The Hall–Kier alpha value is -2.04. The predicted molar refractivity (Wildman–Crippen MR) is 74.9 cm³/mol. The van der Waals surface area contributed by atoms with Gasteiger partial charge in [0.1, 0.15) is 0 Å². The van der Waals surface area contributed by atoms with Crippen LogP contribution in [0.4, 0.5) is 0 Å². The third-order valence-electron chi connectivity index (χ3n) is 3.00. The van der Waals surface area contributed by atoms with E-state index in [9.17, 15) is 9.59 Å². The summed E-state index contributed by atoms with van der Waals surface area (Å²) in [5.41, 5.74) is 0.107. The van der Waals surface area contributed by atoms with Crippen molar-refractivity contribution in [1.82, 2.24) is 13.9 Å². The number of aromatic nitrogens is 3. The number of benzene rings is 1. The van der Waals surface area contributed by atoms with Crippen LogP contribution in [0.15, 0.2) is 39.9 Å². The second-order valence-corrected chi connectivity index (χ2v) is 4.48. The number of hydrogen-bond acceptors (Lipinski definition) is 2. The van der Waals surface area contributed by atoms with Gasteiger partial charge in [0, 0.05) is 13.1 Å². The van der Waals surface area contributed by atoms with E-state index in [0.29, 0.717) is 18.8 Å². The van der Waals surface area contributed by atoms with Gasteiger partial charge in [-0.1, -0.05) is 32.0 Å². The topological polar surface area (TPSA) is 48.9 Å². The van der Waals surface area contributed by atoms with Crippen molar-refractivity contribution in [1.29, 1.82) is 0 Å². The minimum atomic E-state index is -0.258. The van der Waals surface area contributed by atoms with Crippen LogP contribution in [0.3, 0.4) is 0 Å². The molecule has 102 valence electrons. The molecule has 0 aliphatic rings. The van der Waals surface area contributed by atoms with E-state index in [0.717, 1.165) is 12.8 Å². The molecule has 0 saturated carbocycles. The highest BCUT2D eigenvalue weighted by Gasteiger charge is 2.15. The van der Waals surface area contributed by atoms with E-state index in [4.69, 9.17) is 0 Å². The molecular formula is C14H19N3O2. The maximum absolute atomic E-state index is 12.4. The first kappa shape index (κ1) is 13.4. The molecule has 0 bridgehead atoms. The average molecular weight is 261 g/mol. The fraction of sp³-hybridized carbons (Fsp3) is 0.429. The molecule has 1 aromatic heterocycles. The van der Waals surface area contributed by atoms with Gasteiger partial charge in [-0.3, -0.25) is 0 Å². The highest BCUT2D eigenvalue weighted by Crippen LogP contribution is 2.01. The first-order chi connectivity index (χ1) is 9.20. The van der Waals surface area contributed by atoms with Gasteiger partial charge in [-0.25, -0.2) is 23.5 Å². The van der Waals surface area contributed by atoms with Gasteiger partial charge in [0.15, 0.2) is 0 Å². The van der Waals surface area contributed by atoms with E-state index in [1.165, 1.54) is 4.57 Å². The molecule has 0 aliphatic carbocycles.